The fourth-order valence-electron chi connectivity index (χ4n) is 2.44. The fraction of sp³-hybridized carbons (Fsp3) is 0.235. The molecule has 0 saturated heterocycles. The number of hydrogen-bond acceptors (Lipinski definition) is 5. The van der Waals surface area contributed by atoms with Crippen molar-refractivity contribution in [3.05, 3.63) is 60.8 Å². The van der Waals surface area contributed by atoms with E-state index < -0.39 is 0 Å². The van der Waals surface area contributed by atoms with Crippen molar-refractivity contribution in [2.24, 2.45) is 0 Å². The van der Waals surface area contributed by atoms with Gasteiger partial charge in [0, 0.05) is 18.1 Å². The van der Waals surface area contributed by atoms with Crippen LogP contribution in [-0.2, 0) is 6.54 Å². The van der Waals surface area contributed by atoms with E-state index in [2.05, 4.69) is 9.55 Å². The topological polar surface area (TPSA) is 49.4 Å². The van der Waals surface area contributed by atoms with Crippen LogP contribution >= 0.6 is 11.8 Å². The molecule has 0 bridgehead atoms. The highest BCUT2D eigenvalue weighted by molar-refractivity contribution is 7.99. The third-order valence-corrected chi connectivity index (χ3v) is 4.69. The van der Waals surface area contributed by atoms with Crippen LogP contribution in [0.2, 0.25) is 0 Å². The molecule has 0 radical (unpaired) electrons. The second kappa shape index (κ2) is 6.42. The van der Waals surface area contributed by atoms with Gasteiger partial charge >= 0.3 is 0 Å². The summed E-state index contributed by atoms with van der Waals surface area (Å²) < 4.78 is 19.2. The molecule has 23 heavy (non-hydrogen) atoms. The maximum Gasteiger partial charge on any atom is 0.168 e. The average molecular weight is 328 g/mol. The minimum Gasteiger partial charge on any atom is -0.486 e. The molecule has 3 aromatic rings. The van der Waals surface area contributed by atoms with Gasteiger partial charge in [-0.15, -0.1) is 0 Å². The van der Waals surface area contributed by atoms with Crippen molar-refractivity contribution >= 4 is 11.8 Å². The molecule has 0 aliphatic carbocycles. The first-order chi connectivity index (χ1) is 11.4. The van der Waals surface area contributed by atoms with Crippen molar-refractivity contribution < 1.29 is 13.9 Å². The number of thioether (sulfide) groups is 1. The third-order valence-electron chi connectivity index (χ3n) is 3.55. The van der Waals surface area contributed by atoms with Gasteiger partial charge in [-0.1, -0.05) is 23.9 Å². The predicted octanol–water partition coefficient (Wildman–Crippen LogP) is 3.46. The summed E-state index contributed by atoms with van der Waals surface area (Å²) in [5.41, 5.74) is 0. The van der Waals surface area contributed by atoms with Crippen LogP contribution < -0.4 is 9.47 Å². The van der Waals surface area contributed by atoms with Crippen LogP contribution in [0.1, 0.15) is 5.76 Å². The molecule has 1 aliphatic heterocycles. The highest BCUT2D eigenvalue weighted by atomic mass is 32.2. The number of hydrogen-bond donors (Lipinski definition) is 0. The number of imidazole rings is 1. The van der Waals surface area contributed by atoms with Crippen molar-refractivity contribution in [3.63, 3.8) is 0 Å². The lowest BCUT2D eigenvalue weighted by atomic mass is 10.3. The van der Waals surface area contributed by atoms with E-state index in [1.807, 2.05) is 42.6 Å². The minimum atomic E-state index is 0.0173. The Labute approximate surface area is 138 Å². The standard InChI is InChI=1S/C17H16N2O3S/c1-2-6-16-15(5-1)21-11-14(22-16)12-23-17-18-7-8-19(17)10-13-4-3-9-20-13/h1-9,14H,10-12H2. The van der Waals surface area contributed by atoms with Crippen molar-refractivity contribution in [1.29, 1.82) is 0 Å². The summed E-state index contributed by atoms with van der Waals surface area (Å²) in [6.45, 7) is 1.24. The molecule has 0 N–H and O–H groups in total. The molecule has 6 heteroatoms. The van der Waals surface area contributed by atoms with E-state index in [1.54, 1.807) is 24.2 Å². The molecular formula is C17H16N2O3S. The van der Waals surface area contributed by atoms with Gasteiger partial charge in [-0.3, -0.25) is 0 Å². The number of rotatable bonds is 5. The average Bonchev–Trinajstić information content (AvgIpc) is 3.25. The van der Waals surface area contributed by atoms with Gasteiger partial charge in [-0.2, -0.15) is 0 Å². The quantitative estimate of drug-likeness (QED) is 0.671. The van der Waals surface area contributed by atoms with Gasteiger partial charge in [0.2, 0.25) is 0 Å². The molecule has 0 saturated carbocycles. The summed E-state index contributed by atoms with van der Waals surface area (Å²) in [5.74, 6) is 3.32. The number of aromatic nitrogens is 2. The van der Waals surface area contributed by atoms with E-state index in [-0.39, 0.29) is 6.10 Å². The summed E-state index contributed by atoms with van der Waals surface area (Å²) in [6, 6.07) is 11.6. The van der Waals surface area contributed by atoms with Crippen LogP contribution in [0.5, 0.6) is 11.5 Å². The van der Waals surface area contributed by atoms with Crippen LogP contribution in [0.3, 0.4) is 0 Å². The number of ether oxygens (including phenoxy) is 2. The smallest absolute Gasteiger partial charge is 0.168 e. The minimum absolute atomic E-state index is 0.0173. The number of nitrogens with zero attached hydrogens (tertiary/aromatic N) is 2. The zero-order chi connectivity index (χ0) is 15.5. The Hall–Kier alpha value is -2.34. The lowest BCUT2D eigenvalue weighted by molar-refractivity contribution is 0.107. The monoisotopic (exact) mass is 328 g/mol. The molecule has 118 valence electrons. The Bertz CT molecular complexity index is 770. The van der Waals surface area contributed by atoms with E-state index in [1.165, 1.54) is 0 Å². The number of fused-ring (bicyclic) bond motifs is 1. The Kier molecular flexibility index (Phi) is 3.98. The Morgan fingerprint density at radius 3 is 2.96 bits per heavy atom. The molecule has 1 aromatic carbocycles. The Morgan fingerprint density at radius 1 is 1.17 bits per heavy atom. The van der Waals surface area contributed by atoms with E-state index in [4.69, 9.17) is 13.9 Å². The number of furan rings is 1. The molecule has 0 fully saturated rings. The molecule has 5 nitrogen and oxygen atoms in total. The van der Waals surface area contributed by atoms with Crippen LogP contribution in [0.4, 0.5) is 0 Å². The predicted molar refractivity (Wildman–Crippen MR) is 87.1 cm³/mol. The van der Waals surface area contributed by atoms with Crippen LogP contribution in [0, 0.1) is 0 Å². The van der Waals surface area contributed by atoms with Crippen LogP contribution in [-0.4, -0.2) is 28.0 Å². The molecule has 1 unspecified atom stereocenters. The zero-order valence-electron chi connectivity index (χ0n) is 12.4. The molecule has 4 rings (SSSR count). The van der Waals surface area contributed by atoms with Crippen LogP contribution in [0.15, 0.2) is 64.6 Å². The first-order valence-electron chi connectivity index (χ1n) is 7.43. The van der Waals surface area contributed by atoms with Gasteiger partial charge in [-0.25, -0.2) is 4.98 Å². The molecule has 0 spiro atoms. The van der Waals surface area contributed by atoms with E-state index in [9.17, 15) is 0 Å². The number of para-hydroxylation sites is 2. The third kappa shape index (κ3) is 3.22. The maximum absolute atomic E-state index is 5.97. The molecule has 1 atom stereocenters. The number of benzene rings is 1. The Balaban J connectivity index is 1.38. The van der Waals surface area contributed by atoms with Gasteiger partial charge in [0.1, 0.15) is 18.5 Å². The van der Waals surface area contributed by atoms with E-state index in [0.717, 1.165) is 28.2 Å². The molecular weight excluding hydrogens is 312 g/mol. The van der Waals surface area contributed by atoms with Crippen molar-refractivity contribution in [1.82, 2.24) is 9.55 Å². The summed E-state index contributed by atoms with van der Waals surface area (Å²) in [7, 11) is 0. The van der Waals surface area contributed by atoms with Gasteiger partial charge in [0.25, 0.3) is 0 Å². The second-order valence-electron chi connectivity index (χ2n) is 5.23. The summed E-state index contributed by atoms with van der Waals surface area (Å²) in [6.07, 6.45) is 5.46. The largest absolute Gasteiger partial charge is 0.486 e. The van der Waals surface area contributed by atoms with Crippen molar-refractivity contribution in [2.45, 2.75) is 17.8 Å². The van der Waals surface area contributed by atoms with Gasteiger partial charge in [0.15, 0.2) is 16.7 Å². The Morgan fingerprint density at radius 2 is 2.09 bits per heavy atom. The van der Waals surface area contributed by atoms with Crippen molar-refractivity contribution in [3.8, 4) is 11.5 Å². The van der Waals surface area contributed by atoms with Gasteiger partial charge in [0.05, 0.1) is 12.8 Å². The lowest BCUT2D eigenvalue weighted by Crippen LogP contribution is -2.31. The second-order valence-corrected chi connectivity index (χ2v) is 6.21. The molecule has 2 aromatic heterocycles. The van der Waals surface area contributed by atoms with E-state index >= 15 is 0 Å². The van der Waals surface area contributed by atoms with Gasteiger partial charge in [-0.05, 0) is 24.3 Å². The summed E-state index contributed by atoms with van der Waals surface area (Å²) in [4.78, 5) is 4.41. The molecule has 1 aliphatic rings. The highest BCUT2D eigenvalue weighted by Gasteiger charge is 2.21. The van der Waals surface area contributed by atoms with Gasteiger partial charge < -0.3 is 18.5 Å². The zero-order valence-corrected chi connectivity index (χ0v) is 13.2. The summed E-state index contributed by atoms with van der Waals surface area (Å²) >= 11 is 1.66. The SMILES string of the molecule is c1coc(Cn2ccnc2SCC2COc3ccccc3O2)c1. The molecule has 0 amide bonds. The lowest BCUT2D eigenvalue weighted by Gasteiger charge is -2.26. The highest BCUT2D eigenvalue weighted by Crippen LogP contribution is 2.32. The summed E-state index contributed by atoms with van der Waals surface area (Å²) in [5, 5.41) is 0.948. The van der Waals surface area contributed by atoms with Crippen LogP contribution in [0.25, 0.3) is 0 Å². The van der Waals surface area contributed by atoms with E-state index in [0.29, 0.717) is 13.2 Å². The maximum atomic E-state index is 5.97. The normalized spacial score (nSPS) is 16.4. The first kappa shape index (κ1) is 14.3. The molecule has 3 heterocycles. The fourth-order valence-corrected chi connectivity index (χ4v) is 3.36. The van der Waals surface area contributed by atoms with Crippen molar-refractivity contribution in [2.75, 3.05) is 12.4 Å². The first-order valence-corrected chi connectivity index (χ1v) is 8.42.